The minimum Gasteiger partial charge on any atom is -0.508 e. The van der Waals surface area contributed by atoms with Gasteiger partial charge in [0.25, 0.3) is 0 Å². The maximum atomic E-state index is 9.62. The van der Waals surface area contributed by atoms with Gasteiger partial charge in [-0.25, -0.2) is 9.97 Å². The molecule has 0 saturated heterocycles. The Morgan fingerprint density at radius 1 is 0.900 bits per heavy atom. The predicted molar refractivity (Wildman–Crippen MR) is 73.1 cm³/mol. The zero-order chi connectivity index (χ0) is 14.7. The maximum absolute atomic E-state index is 9.62. The maximum Gasteiger partial charge on any atom is 0.425 e. The fourth-order valence-electron chi connectivity index (χ4n) is 1.76. The van der Waals surface area contributed by atoms with Gasteiger partial charge in [-0.2, -0.15) is 0 Å². The van der Waals surface area contributed by atoms with Gasteiger partial charge in [0, 0.05) is 6.07 Å². The van der Waals surface area contributed by atoms with Crippen LogP contribution in [-0.2, 0) is 10.6 Å². The number of nitrogens with zero attached hydrogens (tertiary/aromatic N) is 2. The van der Waals surface area contributed by atoms with Crippen LogP contribution >= 0.6 is 0 Å². The molecule has 0 aliphatic heterocycles. The van der Waals surface area contributed by atoms with Gasteiger partial charge in [-0.3, -0.25) is 0 Å². The van der Waals surface area contributed by atoms with Gasteiger partial charge < -0.3 is 5.11 Å². The molecule has 3 aromatic rings. The molecule has 0 aliphatic rings. The Kier molecular flexibility index (Phi) is 3.90. The minimum absolute atomic E-state index is 0.261. The molecule has 0 radical (unpaired) electrons. The van der Waals surface area contributed by atoms with E-state index in [1.807, 2.05) is 37.3 Å². The number of hydrogen-bond donors (Lipinski definition) is 1. The summed E-state index contributed by atoms with van der Waals surface area (Å²) in [5, 5.41) is 9.62. The van der Waals surface area contributed by atoms with Gasteiger partial charge in [-0.05, 0) is 30.7 Å². The van der Waals surface area contributed by atoms with Crippen molar-refractivity contribution in [3.63, 3.8) is 0 Å². The first-order valence-electron chi connectivity index (χ1n) is 5.60. The molecule has 0 bridgehead atoms. The number of fused-ring (bicyclic) bond motifs is 2. The lowest BCUT2D eigenvalue weighted by molar-refractivity contribution is 0.472. The van der Waals surface area contributed by atoms with E-state index in [4.69, 9.17) is 12.6 Å². The summed E-state index contributed by atoms with van der Waals surface area (Å²) in [5.74, 6) is 0.261. The molecule has 0 fully saturated rings. The van der Waals surface area contributed by atoms with E-state index in [0.717, 1.165) is 27.6 Å². The minimum atomic E-state index is -3.11. The van der Waals surface area contributed by atoms with Crippen LogP contribution in [0.1, 0.15) is 5.56 Å². The second-order valence-corrected chi connectivity index (χ2v) is 4.45. The summed E-state index contributed by atoms with van der Waals surface area (Å²) >= 11 is 0. The number of rotatable bonds is 0. The van der Waals surface area contributed by atoms with Gasteiger partial charge >= 0.3 is 10.6 Å². The fraction of sp³-hybridized carbons (Fsp3) is 0.0769. The van der Waals surface area contributed by atoms with Crippen LogP contribution in [0.5, 0.6) is 5.75 Å². The number of para-hydroxylation sites is 2. The SMILES string of the molecule is Cc1cc2nc3ccccc3nc2cc1O.O=S(=O)=O. The van der Waals surface area contributed by atoms with Crippen molar-refractivity contribution in [1.82, 2.24) is 9.97 Å². The Balaban J connectivity index is 0.000000328. The largest absolute Gasteiger partial charge is 0.508 e. The number of aromatic nitrogens is 2. The number of phenolic OH excluding ortho intramolecular Hbond substituents is 1. The zero-order valence-corrected chi connectivity index (χ0v) is 11.3. The number of aryl methyl sites for hydroxylation is 1. The molecule has 3 rings (SSSR count). The summed E-state index contributed by atoms with van der Waals surface area (Å²) in [6, 6.07) is 11.2. The van der Waals surface area contributed by atoms with Crippen LogP contribution in [0, 0.1) is 6.92 Å². The summed E-state index contributed by atoms with van der Waals surface area (Å²) in [5.41, 5.74) is 4.08. The Morgan fingerprint density at radius 3 is 1.85 bits per heavy atom. The molecule has 1 N–H and O–H groups in total. The molecule has 1 aromatic heterocycles. The van der Waals surface area contributed by atoms with Gasteiger partial charge in [0.2, 0.25) is 0 Å². The molecular formula is C13H10N2O4S. The van der Waals surface area contributed by atoms with Crippen LogP contribution in [0.3, 0.4) is 0 Å². The lowest BCUT2D eigenvalue weighted by atomic mass is 10.2. The Morgan fingerprint density at radius 2 is 1.35 bits per heavy atom. The van der Waals surface area contributed by atoms with Crippen molar-refractivity contribution in [1.29, 1.82) is 0 Å². The van der Waals surface area contributed by atoms with E-state index in [1.165, 1.54) is 0 Å². The van der Waals surface area contributed by atoms with Crippen LogP contribution in [0.2, 0.25) is 0 Å². The van der Waals surface area contributed by atoms with E-state index in [-0.39, 0.29) is 5.75 Å². The van der Waals surface area contributed by atoms with E-state index in [0.29, 0.717) is 0 Å². The van der Waals surface area contributed by atoms with Crippen LogP contribution in [0.15, 0.2) is 36.4 Å². The second-order valence-electron chi connectivity index (χ2n) is 4.04. The smallest absolute Gasteiger partial charge is 0.425 e. The van der Waals surface area contributed by atoms with Crippen molar-refractivity contribution in [2.45, 2.75) is 6.92 Å². The topological polar surface area (TPSA) is 97.2 Å². The van der Waals surface area contributed by atoms with Crippen molar-refractivity contribution in [3.8, 4) is 5.75 Å². The molecule has 102 valence electrons. The first-order valence-corrected chi connectivity index (χ1v) is 6.60. The molecule has 0 saturated carbocycles. The zero-order valence-electron chi connectivity index (χ0n) is 10.4. The Hall–Kier alpha value is -2.54. The predicted octanol–water partition coefficient (Wildman–Crippen LogP) is 1.79. The number of hydrogen-bond acceptors (Lipinski definition) is 6. The lowest BCUT2D eigenvalue weighted by Gasteiger charge is -2.03. The third-order valence-electron chi connectivity index (χ3n) is 2.66. The van der Waals surface area contributed by atoms with E-state index in [2.05, 4.69) is 9.97 Å². The molecular weight excluding hydrogens is 280 g/mol. The van der Waals surface area contributed by atoms with Crippen molar-refractivity contribution in [2.75, 3.05) is 0 Å². The van der Waals surface area contributed by atoms with Crippen LogP contribution in [-0.4, -0.2) is 27.7 Å². The third kappa shape index (κ3) is 3.07. The summed E-state index contributed by atoms with van der Waals surface area (Å²) in [4.78, 5) is 8.96. The van der Waals surface area contributed by atoms with Crippen LogP contribution < -0.4 is 0 Å². The lowest BCUT2D eigenvalue weighted by Crippen LogP contribution is -1.88. The van der Waals surface area contributed by atoms with Gasteiger partial charge in [0.15, 0.2) is 0 Å². The van der Waals surface area contributed by atoms with Crippen molar-refractivity contribution < 1.29 is 17.7 Å². The molecule has 0 aliphatic carbocycles. The van der Waals surface area contributed by atoms with Crippen molar-refractivity contribution in [2.24, 2.45) is 0 Å². The van der Waals surface area contributed by atoms with Crippen LogP contribution in [0.25, 0.3) is 22.1 Å². The molecule has 0 unspecified atom stereocenters. The molecule has 6 nitrogen and oxygen atoms in total. The highest BCUT2D eigenvalue weighted by atomic mass is 32.2. The quantitative estimate of drug-likeness (QED) is 0.634. The van der Waals surface area contributed by atoms with E-state index >= 15 is 0 Å². The number of aromatic hydroxyl groups is 1. The van der Waals surface area contributed by atoms with E-state index in [9.17, 15) is 5.11 Å². The molecule has 7 heteroatoms. The van der Waals surface area contributed by atoms with Crippen molar-refractivity contribution >= 4 is 32.7 Å². The van der Waals surface area contributed by atoms with E-state index in [1.54, 1.807) is 6.07 Å². The highest BCUT2D eigenvalue weighted by Crippen LogP contribution is 2.23. The Labute approximate surface area is 115 Å². The molecule has 0 spiro atoms. The van der Waals surface area contributed by atoms with E-state index < -0.39 is 10.6 Å². The summed E-state index contributed by atoms with van der Waals surface area (Å²) < 4.78 is 25.3. The monoisotopic (exact) mass is 290 g/mol. The van der Waals surface area contributed by atoms with Crippen LogP contribution in [0.4, 0.5) is 0 Å². The van der Waals surface area contributed by atoms with Gasteiger partial charge in [0.1, 0.15) is 5.75 Å². The van der Waals surface area contributed by atoms with Gasteiger partial charge in [-0.1, -0.05) is 12.1 Å². The standard InChI is InChI=1S/C13H10N2O.O3S/c1-8-6-11-12(7-13(8)16)15-10-5-3-2-4-9(10)14-11;1-4(2)3/h2-7,16H,1H3;. The highest BCUT2D eigenvalue weighted by Gasteiger charge is 2.04. The average Bonchev–Trinajstić information content (AvgIpc) is 2.37. The molecule has 0 amide bonds. The third-order valence-corrected chi connectivity index (χ3v) is 2.66. The fourth-order valence-corrected chi connectivity index (χ4v) is 1.76. The number of benzene rings is 2. The second kappa shape index (κ2) is 5.62. The molecule has 0 atom stereocenters. The normalized spacial score (nSPS) is 10.1. The van der Waals surface area contributed by atoms with Crippen molar-refractivity contribution in [3.05, 3.63) is 42.0 Å². The summed E-state index contributed by atoms with van der Waals surface area (Å²) in [6.45, 7) is 1.85. The first kappa shape index (κ1) is 13.9. The first-order chi connectivity index (χ1) is 9.47. The van der Waals surface area contributed by atoms with Gasteiger partial charge in [-0.15, -0.1) is 12.6 Å². The highest BCUT2D eigenvalue weighted by molar-refractivity contribution is 7.59. The molecule has 1 heterocycles. The van der Waals surface area contributed by atoms with Gasteiger partial charge in [0.05, 0.1) is 22.1 Å². The summed E-state index contributed by atoms with van der Waals surface area (Å²) in [7, 11) is -3.11. The molecule has 2 aromatic carbocycles. The Bertz CT molecular complexity index is 825. The number of phenols is 1. The average molecular weight is 290 g/mol. The molecule has 20 heavy (non-hydrogen) atoms. The summed E-state index contributed by atoms with van der Waals surface area (Å²) in [6.07, 6.45) is 0.